The van der Waals surface area contributed by atoms with Crippen LogP contribution in [0, 0.1) is 5.82 Å². The smallest absolute Gasteiger partial charge is 0.349 e. The molecule has 202 valence electrons. The van der Waals surface area contributed by atoms with Crippen LogP contribution in [0.5, 0.6) is 0 Å². The summed E-state index contributed by atoms with van der Waals surface area (Å²) in [5.41, 5.74) is -5.80. The van der Waals surface area contributed by atoms with Crippen LogP contribution in [0.15, 0.2) is 95.9 Å². The van der Waals surface area contributed by atoms with E-state index in [-0.39, 0.29) is 28.9 Å². The van der Waals surface area contributed by atoms with Crippen molar-refractivity contribution in [3.63, 3.8) is 0 Å². The van der Waals surface area contributed by atoms with Gasteiger partial charge in [-0.1, -0.05) is 66.7 Å². The minimum absolute atomic E-state index is 0.00289. The number of hydrogen-bond acceptors (Lipinski definition) is 3. The van der Waals surface area contributed by atoms with Gasteiger partial charge in [-0.25, -0.2) is 12.8 Å². The van der Waals surface area contributed by atoms with E-state index in [1.807, 2.05) is 0 Å². The molecule has 1 aliphatic carbocycles. The molecule has 0 saturated carbocycles. The number of halogens is 7. The molecule has 3 aromatic rings. The molecule has 0 bridgehead atoms. The van der Waals surface area contributed by atoms with E-state index in [1.54, 1.807) is 18.2 Å². The SMILES string of the molecule is O=S(=O)(c1ccc(F)cc1)C1(c2ccc(C(OCc3ccccc3)(C(F)(F)F)C(F)(F)F)cc2)CC=CC1. The van der Waals surface area contributed by atoms with Crippen molar-refractivity contribution >= 4 is 9.84 Å². The van der Waals surface area contributed by atoms with Gasteiger partial charge in [0, 0.05) is 5.56 Å². The van der Waals surface area contributed by atoms with Crippen molar-refractivity contribution in [1.29, 1.82) is 0 Å². The minimum atomic E-state index is -5.89. The normalized spacial score (nSPS) is 16.1. The molecule has 0 atom stereocenters. The van der Waals surface area contributed by atoms with Crippen LogP contribution in [0.2, 0.25) is 0 Å². The molecule has 4 rings (SSSR count). The summed E-state index contributed by atoms with van der Waals surface area (Å²) >= 11 is 0. The number of sulfone groups is 1. The predicted molar refractivity (Wildman–Crippen MR) is 125 cm³/mol. The van der Waals surface area contributed by atoms with Gasteiger partial charge in [0.2, 0.25) is 0 Å². The Morgan fingerprint density at radius 2 is 1.26 bits per heavy atom. The summed E-state index contributed by atoms with van der Waals surface area (Å²) in [6.07, 6.45) is -8.80. The molecule has 0 unspecified atom stereocenters. The van der Waals surface area contributed by atoms with Crippen molar-refractivity contribution in [3.8, 4) is 0 Å². The molecule has 38 heavy (non-hydrogen) atoms. The molecule has 0 amide bonds. The minimum Gasteiger partial charge on any atom is -0.349 e. The first kappa shape index (κ1) is 27.8. The molecule has 0 heterocycles. The number of ether oxygens (including phenoxy) is 1. The van der Waals surface area contributed by atoms with E-state index in [1.165, 1.54) is 24.3 Å². The Bertz CT molecular complexity index is 1370. The van der Waals surface area contributed by atoms with Crippen LogP contribution in [-0.2, 0) is 31.5 Å². The Labute approximate surface area is 214 Å². The van der Waals surface area contributed by atoms with E-state index in [9.17, 15) is 39.2 Å². The average Bonchev–Trinajstić information content (AvgIpc) is 3.36. The van der Waals surface area contributed by atoms with Crippen molar-refractivity contribution < 1.29 is 43.9 Å². The monoisotopic (exact) mass is 558 g/mol. The Kier molecular flexibility index (Phi) is 7.22. The Morgan fingerprint density at radius 3 is 1.76 bits per heavy atom. The van der Waals surface area contributed by atoms with Crippen molar-refractivity contribution in [2.24, 2.45) is 0 Å². The first-order chi connectivity index (χ1) is 17.7. The molecule has 11 heteroatoms. The largest absolute Gasteiger partial charge is 0.430 e. The lowest BCUT2D eigenvalue weighted by Crippen LogP contribution is -2.55. The van der Waals surface area contributed by atoms with Crippen molar-refractivity contribution in [2.45, 2.75) is 47.0 Å². The maximum Gasteiger partial charge on any atom is 0.430 e. The van der Waals surface area contributed by atoms with E-state index in [2.05, 4.69) is 4.74 Å². The summed E-state index contributed by atoms with van der Waals surface area (Å²) in [7, 11) is -4.23. The van der Waals surface area contributed by atoms with Gasteiger partial charge in [0.15, 0.2) is 9.84 Å². The van der Waals surface area contributed by atoms with Gasteiger partial charge in [-0.05, 0) is 48.2 Å². The van der Waals surface area contributed by atoms with Crippen molar-refractivity contribution in [2.75, 3.05) is 0 Å². The molecule has 0 radical (unpaired) electrons. The van der Waals surface area contributed by atoms with Gasteiger partial charge in [-0.2, -0.15) is 26.3 Å². The number of hydrogen-bond donors (Lipinski definition) is 0. The maximum absolute atomic E-state index is 14.2. The number of rotatable bonds is 7. The Balaban J connectivity index is 1.80. The molecule has 1 aliphatic rings. The summed E-state index contributed by atoms with van der Waals surface area (Å²) in [5, 5.41) is 0. The van der Waals surface area contributed by atoms with E-state index < -0.39 is 50.5 Å². The standard InChI is InChI=1S/C27H21F7O3S/c28-22-12-14-23(15-13-22)38(35,36)24(16-4-5-17-24)20-8-10-21(11-9-20)25(26(29,30)31,27(32,33)34)37-18-19-6-2-1-3-7-19/h1-15H,16-18H2. The first-order valence-corrected chi connectivity index (χ1v) is 12.8. The highest BCUT2D eigenvalue weighted by Gasteiger charge is 2.73. The number of allylic oxidation sites excluding steroid dienone is 2. The lowest BCUT2D eigenvalue weighted by molar-refractivity contribution is -0.392. The zero-order valence-corrected chi connectivity index (χ0v) is 20.4. The molecule has 3 nitrogen and oxygen atoms in total. The van der Waals surface area contributed by atoms with E-state index >= 15 is 0 Å². The third-order valence-electron chi connectivity index (χ3n) is 6.61. The molecule has 0 spiro atoms. The molecule has 0 aliphatic heterocycles. The summed E-state index contributed by atoms with van der Waals surface area (Å²) in [6, 6.07) is 14.2. The fourth-order valence-electron chi connectivity index (χ4n) is 4.59. The quantitative estimate of drug-likeness (QED) is 0.173. The van der Waals surface area contributed by atoms with Gasteiger partial charge in [0.25, 0.3) is 5.60 Å². The first-order valence-electron chi connectivity index (χ1n) is 11.3. The number of benzene rings is 3. The van der Waals surface area contributed by atoms with Gasteiger partial charge >= 0.3 is 12.4 Å². The van der Waals surface area contributed by atoms with Crippen LogP contribution in [0.3, 0.4) is 0 Å². The average molecular weight is 559 g/mol. The van der Waals surface area contributed by atoms with Crippen LogP contribution in [-0.4, -0.2) is 20.8 Å². The van der Waals surface area contributed by atoms with Gasteiger partial charge in [0.05, 0.1) is 11.5 Å². The van der Waals surface area contributed by atoms with Crippen LogP contribution < -0.4 is 0 Å². The van der Waals surface area contributed by atoms with Crippen molar-refractivity contribution in [3.05, 3.63) is 114 Å². The zero-order chi connectivity index (χ0) is 27.8. The maximum atomic E-state index is 14.2. The highest BCUT2D eigenvalue weighted by Crippen LogP contribution is 2.54. The fraction of sp³-hybridized carbons (Fsp3) is 0.259. The number of alkyl halides is 6. The van der Waals surface area contributed by atoms with Crippen molar-refractivity contribution in [1.82, 2.24) is 0 Å². The summed E-state index contributed by atoms with van der Waals surface area (Å²) in [5.74, 6) is -0.668. The van der Waals surface area contributed by atoms with Crippen LogP contribution in [0.25, 0.3) is 0 Å². The van der Waals surface area contributed by atoms with Gasteiger partial charge in [-0.15, -0.1) is 0 Å². The molecule has 0 saturated heterocycles. The van der Waals surface area contributed by atoms with Gasteiger partial charge in [0.1, 0.15) is 10.6 Å². The highest BCUT2D eigenvalue weighted by atomic mass is 32.2. The van der Waals surface area contributed by atoms with Crippen LogP contribution in [0.4, 0.5) is 30.7 Å². The highest BCUT2D eigenvalue weighted by molar-refractivity contribution is 7.92. The topological polar surface area (TPSA) is 43.4 Å². The molecule has 3 aromatic carbocycles. The Hall–Kier alpha value is -3.18. The van der Waals surface area contributed by atoms with Gasteiger partial charge < -0.3 is 4.74 Å². The van der Waals surface area contributed by atoms with Gasteiger partial charge in [-0.3, -0.25) is 0 Å². The summed E-state index contributed by atoms with van der Waals surface area (Å²) < 4.78 is 129. The lowest BCUT2D eigenvalue weighted by Gasteiger charge is -2.38. The second-order valence-electron chi connectivity index (χ2n) is 8.86. The fourth-order valence-corrected chi connectivity index (χ4v) is 6.61. The molecule has 0 aromatic heterocycles. The molecular formula is C27H21F7O3S. The third kappa shape index (κ3) is 4.62. The van der Waals surface area contributed by atoms with Crippen LogP contribution in [0.1, 0.15) is 29.5 Å². The molecule has 0 N–H and O–H groups in total. The Morgan fingerprint density at radius 1 is 0.737 bits per heavy atom. The molecule has 0 fully saturated rings. The second-order valence-corrected chi connectivity index (χ2v) is 11.1. The lowest BCUT2D eigenvalue weighted by atomic mass is 9.88. The van der Waals surface area contributed by atoms with E-state index in [4.69, 9.17) is 0 Å². The zero-order valence-electron chi connectivity index (χ0n) is 19.6. The molecular weight excluding hydrogens is 537 g/mol. The second kappa shape index (κ2) is 9.85. The third-order valence-corrected chi connectivity index (χ3v) is 9.10. The van der Waals surface area contributed by atoms with E-state index in [0.29, 0.717) is 12.1 Å². The van der Waals surface area contributed by atoms with E-state index in [0.717, 1.165) is 36.4 Å². The van der Waals surface area contributed by atoms with Crippen LogP contribution >= 0.6 is 0 Å². The summed E-state index contributed by atoms with van der Waals surface area (Å²) in [6.45, 7) is -0.978. The summed E-state index contributed by atoms with van der Waals surface area (Å²) in [4.78, 5) is -0.224. The predicted octanol–water partition coefficient (Wildman–Crippen LogP) is 7.38.